The van der Waals surface area contributed by atoms with Crippen LogP contribution in [0, 0.1) is 11.8 Å². The van der Waals surface area contributed by atoms with Crippen LogP contribution >= 0.6 is 0 Å². The maximum atomic E-state index is 11.9. The van der Waals surface area contributed by atoms with Crippen LogP contribution in [0.15, 0.2) is 0 Å². The molecule has 1 aliphatic carbocycles. The Labute approximate surface area is 136 Å². The molecule has 0 spiro atoms. The second-order valence-corrected chi connectivity index (χ2v) is 8.31. The summed E-state index contributed by atoms with van der Waals surface area (Å²) in [5, 5.41) is 6.64. The molecule has 0 bridgehead atoms. The Morgan fingerprint density at radius 1 is 1.14 bits per heavy atom. The van der Waals surface area contributed by atoms with Crippen LogP contribution in [-0.4, -0.2) is 30.3 Å². The van der Waals surface area contributed by atoms with Gasteiger partial charge in [-0.2, -0.15) is 0 Å². The Balaban J connectivity index is 2.46. The number of ether oxygens (including phenoxy) is 1. The lowest BCUT2D eigenvalue weighted by molar-refractivity contribution is 0.0502. The van der Waals surface area contributed by atoms with E-state index in [2.05, 4.69) is 31.4 Å². The second-order valence-electron chi connectivity index (χ2n) is 8.31. The summed E-state index contributed by atoms with van der Waals surface area (Å²) in [6, 6.07) is 0. The largest absolute Gasteiger partial charge is 0.444 e. The fourth-order valence-electron chi connectivity index (χ4n) is 2.81. The van der Waals surface area contributed by atoms with Crippen molar-refractivity contribution in [1.29, 1.82) is 0 Å². The summed E-state index contributed by atoms with van der Waals surface area (Å²) in [6.45, 7) is 13.9. The van der Waals surface area contributed by atoms with E-state index < -0.39 is 5.60 Å². The molecule has 1 fully saturated rings. The first-order valence-electron chi connectivity index (χ1n) is 8.84. The minimum absolute atomic E-state index is 0.103. The summed E-state index contributed by atoms with van der Waals surface area (Å²) in [4.78, 5) is 11.9. The molecule has 0 radical (unpaired) electrons. The standard InChI is InChI=1S/C18H36N2O2/c1-14(2)18(6,13-19-16(21)22-17(3,4)5)20-12-15-10-8-7-9-11-15/h14-15,20H,7-13H2,1-6H3,(H,19,21). The highest BCUT2D eigenvalue weighted by molar-refractivity contribution is 5.67. The molecule has 2 N–H and O–H groups in total. The lowest BCUT2D eigenvalue weighted by Gasteiger charge is -2.37. The van der Waals surface area contributed by atoms with Gasteiger partial charge in [0.25, 0.3) is 0 Å². The number of carbonyl (C=O) groups is 1. The number of rotatable bonds is 6. The van der Waals surface area contributed by atoms with Crippen molar-refractivity contribution in [3.05, 3.63) is 0 Å². The highest BCUT2D eigenvalue weighted by atomic mass is 16.6. The van der Waals surface area contributed by atoms with Crippen molar-refractivity contribution in [2.45, 2.75) is 84.8 Å². The van der Waals surface area contributed by atoms with Crippen molar-refractivity contribution < 1.29 is 9.53 Å². The average Bonchev–Trinajstić information content (AvgIpc) is 2.42. The summed E-state index contributed by atoms with van der Waals surface area (Å²) < 4.78 is 5.33. The van der Waals surface area contributed by atoms with E-state index in [9.17, 15) is 4.79 Å². The van der Waals surface area contributed by atoms with Gasteiger partial charge in [0.05, 0.1) is 0 Å². The molecule has 1 unspecified atom stereocenters. The fourth-order valence-corrected chi connectivity index (χ4v) is 2.81. The van der Waals surface area contributed by atoms with Crippen molar-refractivity contribution in [1.82, 2.24) is 10.6 Å². The lowest BCUT2D eigenvalue weighted by Crippen LogP contribution is -2.56. The second kappa shape index (κ2) is 8.19. The van der Waals surface area contributed by atoms with Gasteiger partial charge in [-0.1, -0.05) is 33.1 Å². The number of hydrogen-bond acceptors (Lipinski definition) is 3. The van der Waals surface area contributed by atoms with Crippen LogP contribution < -0.4 is 10.6 Å². The molecule has 1 rings (SSSR count). The zero-order valence-electron chi connectivity index (χ0n) is 15.4. The molecule has 22 heavy (non-hydrogen) atoms. The maximum absolute atomic E-state index is 11.9. The van der Waals surface area contributed by atoms with Gasteiger partial charge in [0, 0.05) is 12.1 Å². The summed E-state index contributed by atoms with van der Waals surface area (Å²) >= 11 is 0. The van der Waals surface area contributed by atoms with Crippen LogP contribution in [0.25, 0.3) is 0 Å². The summed E-state index contributed by atoms with van der Waals surface area (Å²) in [6.07, 6.45) is 6.44. The molecule has 0 aromatic heterocycles. The molecule has 130 valence electrons. The quantitative estimate of drug-likeness (QED) is 0.776. The van der Waals surface area contributed by atoms with Gasteiger partial charge in [-0.3, -0.25) is 0 Å². The first-order valence-corrected chi connectivity index (χ1v) is 8.84. The van der Waals surface area contributed by atoms with E-state index in [0.717, 1.165) is 12.5 Å². The Hall–Kier alpha value is -0.770. The lowest BCUT2D eigenvalue weighted by atomic mass is 9.85. The van der Waals surface area contributed by atoms with Gasteiger partial charge in [0.2, 0.25) is 0 Å². The first-order chi connectivity index (χ1) is 10.1. The van der Waals surface area contributed by atoms with Gasteiger partial charge in [-0.15, -0.1) is 0 Å². The highest BCUT2D eigenvalue weighted by Gasteiger charge is 2.30. The topological polar surface area (TPSA) is 50.4 Å². The summed E-state index contributed by atoms with van der Waals surface area (Å²) in [7, 11) is 0. The number of amides is 1. The van der Waals surface area contributed by atoms with Gasteiger partial charge in [-0.25, -0.2) is 4.79 Å². The van der Waals surface area contributed by atoms with Gasteiger partial charge in [-0.05, 0) is 58.9 Å². The van der Waals surface area contributed by atoms with E-state index in [1.165, 1.54) is 32.1 Å². The third kappa shape index (κ3) is 6.99. The monoisotopic (exact) mass is 312 g/mol. The number of nitrogens with one attached hydrogen (secondary N) is 2. The van der Waals surface area contributed by atoms with Crippen LogP contribution in [-0.2, 0) is 4.74 Å². The van der Waals surface area contributed by atoms with E-state index in [1.54, 1.807) is 0 Å². The van der Waals surface area contributed by atoms with Crippen LogP contribution in [0.5, 0.6) is 0 Å². The Morgan fingerprint density at radius 2 is 1.73 bits per heavy atom. The van der Waals surface area contributed by atoms with E-state index in [1.807, 2.05) is 20.8 Å². The van der Waals surface area contributed by atoms with Crippen LogP contribution in [0.3, 0.4) is 0 Å². The molecule has 0 aliphatic heterocycles. The minimum atomic E-state index is -0.451. The molecule has 1 aliphatic rings. The average molecular weight is 312 g/mol. The molecular weight excluding hydrogens is 276 g/mol. The Kier molecular flexibility index (Phi) is 7.17. The minimum Gasteiger partial charge on any atom is -0.444 e. The zero-order chi connectivity index (χ0) is 16.8. The predicted octanol–water partition coefficient (Wildman–Crippen LogP) is 4.10. The molecule has 1 amide bonds. The smallest absolute Gasteiger partial charge is 0.407 e. The molecular formula is C18H36N2O2. The molecule has 0 heterocycles. The predicted molar refractivity (Wildman–Crippen MR) is 92.1 cm³/mol. The third-order valence-corrected chi connectivity index (χ3v) is 4.79. The molecule has 0 aromatic rings. The molecule has 0 aromatic carbocycles. The van der Waals surface area contributed by atoms with Crippen LogP contribution in [0.4, 0.5) is 4.79 Å². The van der Waals surface area contributed by atoms with Crippen LogP contribution in [0.2, 0.25) is 0 Å². The Morgan fingerprint density at radius 3 is 2.23 bits per heavy atom. The van der Waals surface area contributed by atoms with Gasteiger partial charge in [0.15, 0.2) is 0 Å². The SMILES string of the molecule is CC(C)C(C)(CNC(=O)OC(C)(C)C)NCC1CCCCC1. The molecule has 1 saturated carbocycles. The molecule has 4 heteroatoms. The normalized spacial score (nSPS) is 19.8. The maximum Gasteiger partial charge on any atom is 0.407 e. The van der Waals surface area contributed by atoms with E-state index in [4.69, 9.17) is 4.74 Å². The van der Waals surface area contributed by atoms with Crippen molar-refractivity contribution in [3.8, 4) is 0 Å². The first kappa shape index (κ1) is 19.3. The summed E-state index contributed by atoms with van der Waals surface area (Å²) in [5.74, 6) is 1.22. The highest BCUT2D eigenvalue weighted by Crippen LogP contribution is 2.24. The van der Waals surface area contributed by atoms with Crippen molar-refractivity contribution >= 4 is 6.09 Å². The molecule has 1 atom stereocenters. The fraction of sp³-hybridized carbons (Fsp3) is 0.944. The summed E-state index contributed by atoms with van der Waals surface area (Å²) in [5.41, 5.74) is -0.553. The van der Waals surface area contributed by atoms with E-state index in [0.29, 0.717) is 12.5 Å². The number of hydrogen-bond donors (Lipinski definition) is 2. The molecule has 0 saturated heterocycles. The number of alkyl carbamates (subject to hydrolysis) is 1. The van der Waals surface area contributed by atoms with E-state index >= 15 is 0 Å². The molecule has 4 nitrogen and oxygen atoms in total. The van der Waals surface area contributed by atoms with Crippen molar-refractivity contribution in [2.24, 2.45) is 11.8 Å². The van der Waals surface area contributed by atoms with Crippen molar-refractivity contribution in [3.63, 3.8) is 0 Å². The van der Waals surface area contributed by atoms with Gasteiger partial charge in [0.1, 0.15) is 5.60 Å². The third-order valence-electron chi connectivity index (χ3n) is 4.79. The number of carbonyl (C=O) groups excluding carboxylic acids is 1. The van der Waals surface area contributed by atoms with Gasteiger partial charge >= 0.3 is 6.09 Å². The zero-order valence-corrected chi connectivity index (χ0v) is 15.4. The van der Waals surface area contributed by atoms with Gasteiger partial charge < -0.3 is 15.4 Å². The van der Waals surface area contributed by atoms with E-state index in [-0.39, 0.29) is 11.6 Å². The van der Waals surface area contributed by atoms with Crippen molar-refractivity contribution in [2.75, 3.05) is 13.1 Å². The van der Waals surface area contributed by atoms with Crippen LogP contribution in [0.1, 0.15) is 73.6 Å². The Bertz CT molecular complexity index is 343.